The molecule has 0 saturated heterocycles. The fraction of sp³-hybridized carbons (Fsp3) is 0.178. The first-order valence-electron chi connectivity index (χ1n) is 17.5. The Labute approximate surface area is 386 Å². The summed E-state index contributed by atoms with van der Waals surface area (Å²) in [5.41, 5.74) is 7.31. The summed E-state index contributed by atoms with van der Waals surface area (Å²) >= 11 is 9.44. The number of aryl methyl sites for hydroxylation is 3. The number of rotatable bonds is 9. The third-order valence-electron chi connectivity index (χ3n) is 10.5. The number of halogens is 4. The van der Waals surface area contributed by atoms with Gasteiger partial charge in [0.05, 0.1) is 19.2 Å². The predicted molar refractivity (Wildman–Crippen MR) is 258 cm³/mol. The van der Waals surface area contributed by atoms with E-state index in [1.54, 1.807) is 0 Å². The van der Waals surface area contributed by atoms with E-state index in [1.165, 1.54) is 0 Å². The number of hydrogen-bond donors (Lipinski definition) is 4. The van der Waals surface area contributed by atoms with Gasteiger partial charge in [0.15, 0.2) is 0 Å². The monoisotopic (exact) mass is 1210 g/mol. The van der Waals surface area contributed by atoms with E-state index in [1.807, 2.05) is 99.6 Å². The highest BCUT2D eigenvalue weighted by Gasteiger charge is 2.37. The first kappa shape index (κ1) is 42.9. The molecule has 0 saturated carbocycles. The molecule has 56 heavy (non-hydrogen) atoms. The molecule has 6 aromatic rings. The van der Waals surface area contributed by atoms with E-state index in [-0.39, 0.29) is 29.6 Å². The van der Waals surface area contributed by atoms with Crippen LogP contribution < -0.4 is 0 Å². The molecule has 0 aliphatic carbocycles. The maximum atomic E-state index is 13.1. The molecular formula is C45H38I4O6S. The number of thioether (sulfide) groups is 1. The minimum absolute atomic E-state index is 0.00131. The summed E-state index contributed by atoms with van der Waals surface area (Å²) in [5, 5.41) is 43.0. The normalized spacial score (nSPS) is 12.7. The molecule has 0 spiro atoms. The van der Waals surface area contributed by atoms with Crippen molar-refractivity contribution in [2.24, 2.45) is 0 Å². The Bertz CT molecular complexity index is 2340. The standard InChI is InChI=1S/C45H38I4O6S/c1-24-15-30(18-34(46)39(24)50)44(4,31-16-25(2)40(51)35(47)19-31)28-11-13-29(14-12-28)45(5,32-17-26(3)41(52)36(48)20-32)33-21-37(49)42(53)38(22-33)56-43(54)55-23-27-9-7-6-8-10-27/h6-22,50-53H,23H2,1-5H3. The number of carbonyl (C=O) groups is 1. The van der Waals surface area contributed by atoms with E-state index < -0.39 is 16.1 Å². The average Bonchev–Trinajstić information content (AvgIpc) is 3.18. The summed E-state index contributed by atoms with van der Waals surface area (Å²) in [5.74, 6) is 0.726. The van der Waals surface area contributed by atoms with Crippen molar-refractivity contribution < 1.29 is 30.0 Å². The number of benzene rings is 6. The van der Waals surface area contributed by atoms with Gasteiger partial charge in [-0.3, -0.25) is 0 Å². The van der Waals surface area contributed by atoms with E-state index in [4.69, 9.17) is 4.74 Å². The second-order valence-corrected chi connectivity index (χ2v) is 19.8. The zero-order chi connectivity index (χ0) is 40.7. The second kappa shape index (κ2) is 17.2. The van der Waals surface area contributed by atoms with Crippen LogP contribution in [0.25, 0.3) is 0 Å². The van der Waals surface area contributed by atoms with Gasteiger partial charge in [0.1, 0.15) is 29.6 Å². The Kier molecular flexibility index (Phi) is 13.2. The number of hydrogen-bond acceptors (Lipinski definition) is 7. The van der Waals surface area contributed by atoms with E-state index in [2.05, 4.69) is 128 Å². The van der Waals surface area contributed by atoms with Crippen molar-refractivity contribution in [3.8, 4) is 23.0 Å². The molecule has 0 radical (unpaired) electrons. The van der Waals surface area contributed by atoms with Gasteiger partial charge in [-0.05, 0) is 223 Å². The first-order chi connectivity index (χ1) is 26.4. The minimum Gasteiger partial charge on any atom is -0.507 e. The Hall–Kier alpha value is -2.74. The van der Waals surface area contributed by atoms with Crippen molar-refractivity contribution in [1.82, 2.24) is 0 Å². The van der Waals surface area contributed by atoms with Crippen LogP contribution in [0.1, 0.15) is 69.5 Å². The summed E-state index contributed by atoms with van der Waals surface area (Å²) < 4.78 is 8.35. The number of phenols is 4. The Balaban J connectivity index is 1.51. The highest BCUT2D eigenvalue weighted by molar-refractivity contribution is 14.1. The zero-order valence-corrected chi connectivity index (χ0v) is 40.5. The molecule has 1 atom stereocenters. The third kappa shape index (κ3) is 8.39. The third-order valence-corrected chi connectivity index (χ3v) is 14.6. The van der Waals surface area contributed by atoms with Crippen LogP contribution in [0.15, 0.2) is 108 Å². The smallest absolute Gasteiger partial charge is 0.372 e. The zero-order valence-electron chi connectivity index (χ0n) is 31.0. The summed E-state index contributed by atoms with van der Waals surface area (Å²) in [4.78, 5) is 13.5. The second-order valence-electron chi connectivity index (χ2n) is 14.1. The number of aromatic hydroxyl groups is 4. The fourth-order valence-corrected chi connectivity index (χ4v) is 10.8. The summed E-state index contributed by atoms with van der Waals surface area (Å²) in [6.45, 7) is 10.1. The first-order valence-corrected chi connectivity index (χ1v) is 22.6. The van der Waals surface area contributed by atoms with Crippen molar-refractivity contribution in [2.75, 3.05) is 0 Å². The average molecular weight is 1210 g/mol. The molecule has 0 aliphatic rings. The maximum absolute atomic E-state index is 13.1. The maximum Gasteiger partial charge on any atom is 0.372 e. The van der Waals surface area contributed by atoms with Crippen molar-refractivity contribution in [2.45, 2.75) is 57.0 Å². The number of phenolic OH excluding ortho intramolecular Hbond substituents is 4. The fourth-order valence-electron chi connectivity index (χ4n) is 6.99. The Morgan fingerprint density at radius 2 is 0.893 bits per heavy atom. The van der Waals surface area contributed by atoms with Crippen LogP contribution in [0.2, 0.25) is 0 Å². The van der Waals surface area contributed by atoms with Crippen molar-refractivity contribution >= 4 is 107 Å². The molecule has 11 heteroatoms. The van der Waals surface area contributed by atoms with Crippen LogP contribution in [0.3, 0.4) is 0 Å². The van der Waals surface area contributed by atoms with Crippen LogP contribution in [0.5, 0.6) is 23.0 Å². The van der Waals surface area contributed by atoms with E-state index in [0.29, 0.717) is 12.0 Å². The van der Waals surface area contributed by atoms with Gasteiger partial charge < -0.3 is 25.2 Å². The van der Waals surface area contributed by atoms with E-state index >= 15 is 0 Å². The van der Waals surface area contributed by atoms with E-state index in [0.717, 1.165) is 74.5 Å². The molecule has 0 aliphatic heterocycles. The SMILES string of the molecule is Cc1cc(C(C)(c2ccc(C(C)(c3cc(C)c(O)c(I)c3)c3cc(I)c(O)c(SC(=O)OCc4ccccc4)c3)cc2)c2cc(C)c(O)c(I)c2)cc(I)c1O. The predicted octanol–water partition coefficient (Wildman–Crippen LogP) is 13.0. The molecule has 1 unspecified atom stereocenters. The van der Waals surface area contributed by atoms with Crippen molar-refractivity contribution in [3.05, 3.63) is 173 Å². The molecule has 0 amide bonds. The lowest BCUT2D eigenvalue weighted by atomic mass is 9.68. The molecule has 0 heterocycles. The van der Waals surface area contributed by atoms with Gasteiger partial charge in [-0.1, -0.05) is 72.8 Å². The summed E-state index contributed by atoms with van der Waals surface area (Å²) in [6.07, 6.45) is 0. The van der Waals surface area contributed by atoms with Gasteiger partial charge >= 0.3 is 5.30 Å². The van der Waals surface area contributed by atoms with Gasteiger partial charge in [0.25, 0.3) is 0 Å². The molecule has 6 aromatic carbocycles. The molecule has 288 valence electrons. The quantitative estimate of drug-likeness (QED) is 0.0494. The summed E-state index contributed by atoms with van der Waals surface area (Å²) in [6, 6.07) is 33.7. The minimum atomic E-state index is -0.820. The molecule has 0 bridgehead atoms. The van der Waals surface area contributed by atoms with Crippen LogP contribution >= 0.6 is 102 Å². The Morgan fingerprint density at radius 3 is 1.27 bits per heavy atom. The highest BCUT2D eigenvalue weighted by atomic mass is 127. The molecule has 6 nitrogen and oxygen atoms in total. The van der Waals surface area contributed by atoms with Gasteiger partial charge in [0, 0.05) is 10.8 Å². The van der Waals surface area contributed by atoms with Crippen LogP contribution in [-0.4, -0.2) is 25.7 Å². The van der Waals surface area contributed by atoms with Crippen LogP contribution in [0.4, 0.5) is 4.79 Å². The summed E-state index contributed by atoms with van der Waals surface area (Å²) in [7, 11) is 0. The molecule has 0 aromatic heterocycles. The molecule has 6 rings (SSSR count). The highest BCUT2D eigenvalue weighted by Crippen LogP contribution is 2.48. The van der Waals surface area contributed by atoms with Gasteiger partial charge in [-0.15, -0.1) is 0 Å². The number of ether oxygens (including phenoxy) is 1. The molecule has 4 N–H and O–H groups in total. The van der Waals surface area contributed by atoms with E-state index in [9.17, 15) is 25.2 Å². The largest absolute Gasteiger partial charge is 0.507 e. The van der Waals surface area contributed by atoms with Crippen LogP contribution in [0, 0.1) is 35.1 Å². The molecule has 0 fully saturated rings. The van der Waals surface area contributed by atoms with Gasteiger partial charge in [0.2, 0.25) is 0 Å². The lowest BCUT2D eigenvalue weighted by Crippen LogP contribution is -2.28. The topological polar surface area (TPSA) is 107 Å². The molecular weight excluding hydrogens is 1180 g/mol. The lowest BCUT2D eigenvalue weighted by Gasteiger charge is -2.36. The van der Waals surface area contributed by atoms with Gasteiger partial charge in [-0.2, -0.15) is 0 Å². The Morgan fingerprint density at radius 1 is 0.536 bits per heavy atom. The van der Waals surface area contributed by atoms with Gasteiger partial charge in [-0.25, -0.2) is 4.79 Å². The number of carbonyl (C=O) groups excluding carboxylic acids is 1. The van der Waals surface area contributed by atoms with Crippen molar-refractivity contribution in [3.63, 3.8) is 0 Å². The van der Waals surface area contributed by atoms with Crippen LogP contribution in [-0.2, 0) is 22.2 Å². The van der Waals surface area contributed by atoms with Crippen molar-refractivity contribution in [1.29, 1.82) is 0 Å². The lowest BCUT2D eigenvalue weighted by molar-refractivity contribution is 0.168.